The predicted molar refractivity (Wildman–Crippen MR) is 93.0 cm³/mol. The van der Waals surface area contributed by atoms with Gasteiger partial charge in [0.2, 0.25) is 0 Å². The Balaban J connectivity index is 1.75. The highest BCUT2D eigenvalue weighted by atomic mass is 16.5. The first kappa shape index (κ1) is 14.7. The van der Waals surface area contributed by atoms with E-state index in [0.29, 0.717) is 11.7 Å². The largest absolute Gasteiger partial charge is 0.373 e. The zero-order chi connectivity index (χ0) is 16.5. The Bertz CT molecular complexity index is 860. The van der Waals surface area contributed by atoms with E-state index in [4.69, 9.17) is 4.52 Å². The van der Waals surface area contributed by atoms with E-state index < -0.39 is 0 Å². The molecular formula is C18H19N5O. The molecule has 3 aromatic rings. The van der Waals surface area contributed by atoms with Crippen LogP contribution in [-0.2, 0) is 6.54 Å². The minimum atomic E-state index is 0.515. The van der Waals surface area contributed by atoms with Crippen molar-refractivity contribution >= 4 is 11.5 Å². The first-order valence-electron chi connectivity index (χ1n) is 8.02. The highest BCUT2D eigenvalue weighted by molar-refractivity contribution is 5.70. The molecular weight excluding hydrogens is 302 g/mol. The van der Waals surface area contributed by atoms with Gasteiger partial charge in [-0.3, -0.25) is 0 Å². The molecule has 24 heavy (non-hydrogen) atoms. The number of aryl methyl sites for hydroxylation is 1. The summed E-state index contributed by atoms with van der Waals surface area (Å²) >= 11 is 0. The molecule has 1 aromatic carbocycles. The maximum absolute atomic E-state index is 5.37. The highest BCUT2D eigenvalue weighted by Gasteiger charge is 2.22. The van der Waals surface area contributed by atoms with Crippen molar-refractivity contribution in [3.05, 3.63) is 54.0 Å². The molecule has 4 rings (SSSR count). The lowest BCUT2D eigenvalue weighted by molar-refractivity contribution is 0.425. The summed E-state index contributed by atoms with van der Waals surface area (Å²) in [6.45, 7) is 4.43. The van der Waals surface area contributed by atoms with E-state index in [0.717, 1.165) is 31.0 Å². The molecule has 0 saturated carbocycles. The molecule has 0 spiro atoms. The van der Waals surface area contributed by atoms with Gasteiger partial charge in [-0.2, -0.15) is 4.98 Å². The van der Waals surface area contributed by atoms with Gasteiger partial charge < -0.3 is 14.3 Å². The maximum atomic E-state index is 5.37. The van der Waals surface area contributed by atoms with Gasteiger partial charge in [-0.05, 0) is 30.7 Å². The average Bonchev–Trinajstić information content (AvgIpc) is 2.97. The van der Waals surface area contributed by atoms with Crippen LogP contribution in [0.15, 0.2) is 47.1 Å². The standard InChI is InChI=1S/C18H19N5O/c1-13-20-18(24-21-13)15-7-5-9-19-17(15)23-11-10-22(2)16-8-4-3-6-14(16)12-23/h3-9H,10-12H2,1-2H3. The van der Waals surface area contributed by atoms with Crippen molar-refractivity contribution in [1.29, 1.82) is 0 Å². The summed E-state index contributed by atoms with van der Waals surface area (Å²) in [5.74, 6) is 2.02. The van der Waals surface area contributed by atoms with E-state index in [1.165, 1.54) is 11.3 Å². The van der Waals surface area contributed by atoms with Crippen LogP contribution in [0.1, 0.15) is 11.4 Å². The van der Waals surface area contributed by atoms with Gasteiger partial charge in [0.1, 0.15) is 5.82 Å². The topological polar surface area (TPSA) is 58.3 Å². The van der Waals surface area contributed by atoms with Crippen LogP contribution < -0.4 is 9.80 Å². The van der Waals surface area contributed by atoms with Gasteiger partial charge in [0, 0.05) is 38.6 Å². The lowest BCUT2D eigenvalue weighted by Gasteiger charge is -2.23. The van der Waals surface area contributed by atoms with Crippen molar-refractivity contribution < 1.29 is 4.52 Å². The second kappa shape index (κ2) is 5.96. The molecule has 0 aliphatic carbocycles. The Kier molecular flexibility index (Phi) is 3.65. The molecule has 0 N–H and O–H groups in total. The summed E-state index contributed by atoms with van der Waals surface area (Å²) < 4.78 is 5.37. The van der Waals surface area contributed by atoms with Crippen LogP contribution in [0.5, 0.6) is 0 Å². The number of aromatic nitrogens is 3. The van der Waals surface area contributed by atoms with Gasteiger partial charge in [-0.1, -0.05) is 23.4 Å². The summed E-state index contributed by atoms with van der Waals surface area (Å²) in [5.41, 5.74) is 3.43. The first-order chi connectivity index (χ1) is 11.7. The molecule has 6 nitrogen and oxygen atoms in total. The number of rotatable bonds is 2. The summed E-state index contributed by atoms with van der Waals surface area (Å²) in [6, 6.07) is 12.4. The number of nitrogens with zero attached hydrogens (tertiary/aromatic N) is 5. The number of fused-ring (bicyclic) bond motifs is 1. The fourth-order valence-corrected chi connectivity index (χ4v) is 3.10. The van der Waals surface area contributed by atoms with Crippen LogP contribution in [-0.4, -0.2) is 35.3 Å². The SMILES string of the molecule is Cc1noc(-c2cccnc2N2CCN(C)c3ccccc3C2)n1. The van der Waals surface area contributed by atoms with E-state index in [1.54, 1.807) is 0 Å². The second-order valence-electron chi connectivity index (χ2n) is 5.99. The average molecular weight is 321 g/mol. The third kappa shape index (κ3) is 2.60. The molecule has 0 amide bonds. The normalized spacial score (nSPS) is 14.4. The maximum Gasteiger partial charge on any atom is 0.261 e. The van der Waals surface area contributed by atoms with Crippen molar-refractivity contribution in [2.24, 2.45) is 0 Å². The zero-order valence-electron chi connectivity index (χ0n) is 13.8. The molecule has 3 heterocycles. The minimum Gasteiger partial charge on any atom is -0.373 e. The van der Waals surface area contributed by atoms with Gasteiger partial charge in [-0.15, -0.1) is 0 Å². The monoisotopic (exact) mass is 321 g/mol. The molecule has 0 saturated heterocycles. The Morgan fingerprint density at radius 1 is 1.08 bits per heavy atom. The summed E-state index contributed by atoms with van der Waals surface area (Å²) in [7, 11) is 2.13. The molecule has 0 unspecified atom stereocenters. The third-order valence-corrected chi connectivity index (χ3v) is 4.31. The van der Waals surface area contributed by atoms with Crippen molar-refractivity contribution in [3.8, 4) is 11.5 Å². The highest BCUT2D eigenvalue weighted by Crippen LogP contribution is 2.31. The Morgan fingerprint density at radius 3 is 2.79 bits per heavy atom. The minimum absolute atomic E-state index is 0.515. The molecule has 122 valence electrons. The lowest BCUT2D eigenvalue weighted by atomic mass is 10.1. The molecule has 0 fully saturated rings. The Morgan fingerprint density at radius 2 is 1.96 bits per heavy atom. The van der Waals surface area contributed by atoms with Crippen LogP contribution in [0.3, 0.4) is 0 Å². The van der Waals surface area contributed by atoms with Crippen LogP contribution in [0.2, 0.25) is 0 Å². The fourth-order valence-electron chi connectivity index (χ4n) is 3.10. The number of para-hydroxylation sites is 1. The third-order valence-electron chi connectivity index (χ3n) is 4.31. The van der Waals surface area contributed by atoms with Crippen LogP contribution in [0, 0.1) is 6.92 Å². The van der Waals surface area contributed by atoms with Crippen molar-refractivity contribution in [2.75, 3.05) is 29.9 Å². The first-order valence-corrected chi connectivity index (χ1v) is 8.02. The summed E-state index contributed by atoms with van der Waals surface area (Å²) in [5, 5.41) is 3.91. The van der Waals surface area contributed by atoms with E-state index >= 15 is 0 Å². The summed E-state index contributed by atoms with van der Waals surface area (Å²) in [6.07, 6.45) is 1.81. The van der Waals surface area contributed by atoms with E-state index in [-0.39, 0.29) is 0 Å². The lowest BCUT2D eigenvalue weighted by Crippen LogP contribution is -2.30. The number of pyridine rings is 1. The smallest absolute Gasteiger partial charge is 0.261 e. The molecule has 1 aliphatic heterocycles. The van der Waals surface area contributed by atoms with Crippen molar-refractivity contribution in [1.82, 2.24) is 15.1 Å². The molecule has 0 bridgehead atoms. The molecule has 0 atom stereocenters. The van der Waals surface area contributed by atoms with Crippen molar-refractivity contribution in [2.45, 2.75) is 13.5 Å². The van der Waals surface area contributed by atoms with Gasteiger partial charge in [0.25, 0.3) is 5.89 Å². The van der Waals surface area contributed by atoms with Crippen LogP contribution >= 0.6 is 0 Å². The molecule has 1 aliphatic rings. The van der Waals surface area contributed by atoms with Crippen LogP contribution in [0.25, 0.3) is 11.5 Å². The second-order valence-corrected chi connectivity index (χ2v) is 5.99. The molecule has 6 heteroatoms. The number of hydrogen-bond acceptors (Lipinski definition) is 6. The number of benzene rings is 1. The van der Waals surface area contributed by atoms with Gasteiger partial charge >= 0.3 is 0 Å². The van der Waals surface area contributed by atoms with Crippen LogP contribution in [0.4, 0.5) is 11.5 Å². The van der Waals surface area contributed by atoms with E-state index in [2.05, 4.69) is 56.2 Å². The Hall–Kier alpha value is -2.89. The van der Waals surface area contributed by atoms with Gasteiger partial charge in [0.15, 0.2) is 5.82 Å². The van der Waals surface area contributed by atoms with E-state index in [9.17, 15) is 0 Å². The molecule has 2 aromatic heterocycles. The van der Waals surface area contributed by atoms with Gasteiger partial charge in [-0.25, -0.2) is 4.98 Å². The number of anilines is 2. The quantitative estimate of drug-likeness (QED) is 0.723. The van der Waals surface area contributed by atoms with Crippen molar-refractivity contribution in [3.63, 3.8) is 0 Å². The van der Waals surface area contributed by atoms with Gasteiger partial charge in [0.05, 0.1) is 5.56 Å². The Labute approximate surface area is 140 Å². The zero-order valence-corrected chi connectivity index (χ0v) is 13.8. The fraction of sp³-hybridized carbons (Fsp3) is 0.278. The number of likely N-dealkylation sites (N-methyl/N-ethyl adjacent to an activating group) is 1. The molecule has 0 radical (unpaired) electrons. The predicted octanol–water partition coefficient (Wildman–Crippen LogP) is 2.90. The number of hydrogen-bond donors (Lipinski definition) is 0. The van der Waals surface area contributed by atoms with E-state index in [1.807, 2.05) is 25.3 Å². The summed E-state index contributed by atoms with van der Waals surface area (Å²) in [4.78, 5) is 13.5.